The molecule has 0 saturated heterocycles. The highest BCUT2D eigenvalue weighted by atomic mass is 16.3. The van der Waals surface area contributed by atoms with Gasteiger partial charge in [-0.1, -0.05) is 24.3 Å². The topological polar surface area (TPSA) is 37.3 Å². The van der Waals surface area contributed by atoms with Crippen molar-refractivity contribution in [1.29, 1.82) is 0 Å². The predicted octanol–water partition coefficient (Wildman–Crippen LogP) is 4.05. The van der Waals surface area contributed by atoms with E-state index in [4.69, 9.17) is 5.11 Å². The molecule has 0 bridgehead atoms. The quantitative estimate of drug-likeness (QED) is 0.614. The predicted molar refractivity (Wildman–Crippen MR) is 79.9 cm³/mol. The number of carbonyl (C=O) groups excluding carboxylic acids is 1. The van der Waals surface area contributed by atoms with Crippen LogP contribution in [0.2, 0.25) is 0 Å². The molecule has 2 heteroatoms. The first-order chi connectivity index (χ1) is 9.22. The smallest absolute Gasteiger partial charge is 0.120 e. The van der Waals surface area contributed by atoms with Crippen LogP contribution in [0.15, 0.2) is 24.3 Å². The first-order valence-corrected chi connectivity index (χ1v) is 7.64. The van der Waals surface area contributed by atoms with Gasteiger partial charge in [0, 0.05) is 6.42 Å². The summed E-state index contributed by atoms with van der Waals surface area (Å²) < 4.78 is 0. The number of rotatable bonds is 4. The largest absolute Gasteiger partial charge is 0.393 e. The monoisotopic (exact) mass is 264 g/mol. The van der Waals surface area contributed by atoms with Crippen LogP contribution >= 0.6 is 0 Å². The van der Waals surface area contributed by atoms with Crippen molar-refractivity contribution in [3.8, 4) is 0 Å². The van der Waals surface area contributed by atoms with Crippen molar-refractivity contribution in [2.24, 2.45) is 11.8 Å². The van der Waals surface area contributed by atoms with Crippen molar-refractivity contribution in [1.82, 2.24) is 0 Å². The average Bonchev–Trinajstić information content (AvgIpc) is 2.41. The van der Waals surface area contributed by atoms with Gasteiger partial charge in [-0.05, 0) is 63.7 Å². The van der Waals surface area contributed by atoms with Gasteiger partial charge in [0.1, 0.15) is 6.29 Å². The fourth-order valence-corrected chi connectivity index (χ4v) is 2.76. The van der Waals surface area contributed by atoms with Gasteiger partial charge in [-0.3, -0.25) is 0 Å². The Morgan fingerprint density at radius 1 is 1.11 bits per heavy atom. The third-order valence-electron chi connectivity index (χ3n) is 3.86. The summed E-state index contributed by atoms with van der Waals surface area (Å²) in [6, 6.07) is 0. The SMILES string of the molecule is CC(O)CC1CC=CCC1.O=CCC1CC=CCC1. The fraction of sp³-hybridized carbons (Fsp3) is 0.706. The van der Waals surface area contributed by atoms with E-state index < -0.39 is 0 Å². The van der Waals surface area contributed by atoms with Crippen molar-refractivity contribution in [3.63, 3.8) is 0 Å². The molecule has 0 amide bonds. The number of aldehydes is 1. The molecule has 0 aliphatic heterocycles. The van der Waals surface area contributed by atoms with Crippen LogP contribution in [0, 0.1) is 11.8 Å². The molecule has 2 aliphatic carbocycles. The highest BCUT2D eigenvalue weighted by molar-refractivity contribution is 5.49. The first kappa shape index (κ1) is 16.2. The van der Waals surface area contributed by atoms with Gasteiger partial charge in [-0.15, -0.1) is 0 Å². The third-order valence-corrected chi connectivity index (χ3v) is 3.86. The molecule has 0 heterocycles. The Bertz CT molecular complexity index is 292. The fourth-order valence-electron chi connectivity index (χ4n) is 2.76. The molecule has 0 radical (unpaired) electrons. The maximum absolute atomic E-state index is 10.0. The number of carbonyl (C=O) groups is 1. The first-order valence-electron chi connectivity index (χ1n) is 7.64. The van der Waals surface area contributed by atoms with E-state index in [1.165, 1.54) is 32.1 Å². The van der Waals surface area contributed by atoms with Crippen LogP contribution < -0.4 is 0 Å². The molecule has 3 atom stereocenters. The Balaban J connectivity index is 0.000000191. The number of hydrogen-bond donors (Lipinski definition) is 1. The third kappa shape index (κ3) is 7.99. The van der Waals surface area contributed by atoms with E-state index in [0.29, 0.717) is 5.92 Å². The molecule has 2 rings (SSSR count). The van der Waals surface area contributed by atoms with Crippen LogP contribution in [0.25, 0.3) is 0 Å². The lowest BCUT2D eigenvalue weighted by molar-refractivity contribution is -0.108. The highest BCUT2D eigenvalue weighted by Crippen LogP contribution is 2.22. The van der Waals surface area contributed by atoms with Crippen LogP contribution in [0.1, 0.15) is 58.3 Å². The zero-order chi connectivity index (χ0) is 13.9. The second-order valence-electron chi connectivity index (χ2n) is 5.79. The molecule has 1 N–H and O–H groups in total. The highest BCUT2D eigenvalue weighted by Gasteiger charge is 2.11. The number of allylic oxidation sites excluding steroid dienone is 4. The van der Waals surface area contributed by atoms with Gasteiger partial charge in [0.2, 0.25) is 0 Å². The van der Waals surface area contributed by atoms with E-state index in [2.05, 4.69) is 24.3 Å². The van der Waals surface area contributed by atoms with Crippen molar-refractivity contribution in [2.75, 3.05) is 0 Å². The molecular weight excluding hydrogens is 236 g/mol. The lowest BCUT2D eigenvalue weighted by atomic mass is 9.90. The molecule has 3 unspecified atom stereocenters. The molecule has 0 aromatic heterocycles. The van der Waals surface area contributed by atoms with Crippen LogP contribution in [0.3, 0.4) is 0 Å². The van der Waals surface area contributed by atoms with E-state index in [1.54, 1.807) is 0 Å². The van der Waals surface area contributed by atoms with Crippen molar-refractivity contribution in [3.05, 3.63) is 24.3 Å². The summed E-state index contributed by atoms with van der Waals surface area (Å²) in [5.41, 5.74) is 0. The molecule has 19 heavy (non-hydrogen) atoms. The average molecular weight is 264 g/mol. The van der Waals surface area contributed by atoms with E-state index in [-0.39, 0.29) is 6.10 Å². The minimum Gasteiger partial charge on any atom is -0.393 e. The molecule has 0 aromatic carbocycles. The summed E-state index contributed by atoms with van der Waals surface area (Å²) in [7, 11) is 0. The van der Waals surface area contributed by atoms with Gasteiger partial charge in [0.25, 0.3) is 0 Å². The lowest BCUT2D eigenvalue weighted by Gasteiger charge is -2.18. The summed E-state index contributed by atoms with van der Waals surface area (Å²) in [6.07, 6.45) is 18.6. The van der Waals surface area contributed by atoms with Gasteiger partial charge in [-0.2, -0.15) is 0 Å². The number of hydrogen-bond acceptors (Lipinski definition) is 2. The molecular formula is C17H28O2. The van der Waals surface area contributed by atoms with Gasteiger partial charge >= 0.3 is 0 Å². The molecule has 108 valence electrons. The van der Waals surface area contributed by atoms with Crippen LogP contribution in [0.5, 0.6) is 0 Å². The maximum atomic E-state index is 10.0. The van der Waals surface area contributed by atoms with Crippen molar-refractivity contribution in [2.45, 2.75) is 64.4 Å². The van der Waals surface area contributed by atoms with Gasteiger partial charge < -0.3 is 9.90 Å². The minimum absolute atomic E-state index is 0.114. The molecule has 0 spiro atoms. The molecule has 2 aliphatic rings. The summed E-state index contributed by atoms with van der Waals surface area (Å²) >= 11 is 0. The van der Waals surface area contributed by atoms with Crippen molar-refractivity contribution < 1.29 is 9.90 Å². The normalized spacial score (nSPS) is 27.3. The maximum Gasteiger partial charge on any atom is 0.120 e. The van der Waals surface area contributed by atoms with Crippen LogP contribution in [0.4, 0.5) is 0 Å². The Kier molecular flexibility index (Phi) is 8.48. The van der Waals surface area contributed by atoms with Crippen molar-refractivity contribution >= 4 is 6.29 Å². The van der Waals surface area contributed by atoms with E-state index in [0.717, 1.165) is 31.5 Å². The second kappa shape index (κ2) is 9.96. The summed E-state index contributed by atoms with van der Waals surface area (Å²) in [6.45, 7) is 1.87. The zero-order valence-electron chi connectivity index (χ0n) is 12.1. The van der Waals surface area contributed by atoms with E-state index in [1.807, 2.05) is 6.92 Å². The Labute approximate surface area is 117 Å². The van der Waals surface area contributed by atoms with E-state index in [9.17, 15) is 4.79 Å². The Morgan fingerprint density at radius 2 is 1.68 bits per heavy atom. The standard InChI is InChI=1S/C9H16O.C8H12O/c1-8(10)7-9-5-3-2-4-6-9;9-7-6-8-4-2-1-3-5-8/h2-3,8-10H,4-7H2,1H3;1-2,7-8H,3-6H2. The number of aliphatic hydroxyl groups excluding tert-OH is 1. The summed E-state index contributed by atoms with van der Waals surface area (Å²) in [4.78, 5) is 10.0. The van der Waals surface area contributed by atoms with Gasteiger partial charge in [0.15, 0.2) is 0 Å². The Morgan fingerprint density at radius 3 is 2.11 bits per heavy atom. The number of aliphatic hydroxyl groups is 1. The summed E-state index contributed by atoms with van der Waals surface area (Å²) in [5, 5.41) is 9.08. The minimum atomic E-state index is -0.114. The zero-order valence-corrected chi connectivity index (χ0v) is 12.1. The second-order valence-corrected chi connectivity index (χ2v) is 5.79. The van der Waals surface area contributed by atoms with Crippen LogP contribution in [-0.4, -0.2) is 17.5 Å². The summed E-state index contributed by atoms with van der Waals surface area (Å²) in [5.74, 6) is 1.39. The Hall–Kier alpha value is -0.890. The molecule has 2 nitrogen and oxygen atoms in total. The van der Waals surface area contributed by atoms with Gasteiger partial charge in [0.05, 0.1) is 6.10 Å². The molecule has 0 saturated carbocycles. The van der Waals surface area contributed by atoms with E-state index >= 15 is 0 Å². The van der Waals surface area contributed by atoms with Crippen LogP contribution in [-0.2, 0) is 4.79 Å². The van der Waals surface area contributed by atoms with Gasteiger partial charge in [-0.25, -0.2) is 0 Å². The lowest BCUT2D eigenvalue weighted by Crippen LogP contribution is -2.10. The molecule has 0 fully saturated rings. The molecule has 0 aromatic rings.